The first-order chi connectivity index (χ1) is 13.7. The minimum Gasteiger partial charge on any atom is -0.466 e. The number of nitrogens with zero attached hydrogens (tertiary/aromatic N) is 4. The van der Waals surface area contributed by atoms with Crippen LogP contribution in [0.4, 0.5) is 0 Å². The van der Waals surface area contributed by atoms with Gasteiger partial charge in [-0.3, -0.25) is 14.6 Å². The molecule has 0 saturated heterocycles. The number of allylic oxidation sites excluding steroid dienone is 2. The van der Waals surface area contributed by atoms with Crippen LogP contribution in [0.3, 0.4) is 0 Å². The molecule has 12 heteroatoms. The average Bonchev–Trinajstić information content (AvgIpc) is 2.65. The number of halogens is 2. The minimum atomic E-state index is -0.894. The predicted molar refractivity (Wildman–Crippen MR) is 105 cm³/mol. The van der Waals surface area contributed by atoms with Crippen molar-refractivity contribution in [1.82, 2.24) is 25.0 Å². The number of aromatic nitrogens is 5. The topological polar surface area (TPSA) is 147 Å². The van der Waals surface area contributed by atoms with Gasteiger partial charge in [-0.05, 0) is 18.1 Å². The van der Waals surface area contributed by atoms with Crippen molar-refractivity contribution in [2.45, 2.75) is 31.2 Å². The van der Waals surface area contributed by atoms with Crippen LogP contribution >= 0.6 is 23.2 Å². The standard InChI is InChI=1S/C17H14Cl2N6O4/c1-7(2)9-5-13(22-23-15(9)26)29-14-10(18)3-8(4-11(14)19)25-17(28)21-16(27)12(6-20)24-25/h3-5,7,10,14H,1-2H3,(H,23,26)(H,21,27,28). The highest BCUT2D eigenvalue weighted by atomic mass is 35.5. The van der Waals surface area contributed by atoms with Gasteiger partial charge in [-0.25, -0.2) is 9.89 Å². The number of aromatic amines is 2. The summed E-state index contributed by atoms with van der Waals surface area (Å²) < 4.78 is 6.54. The Morgan fingerprint density at radius 3 is 2.66 bits per heavy atom. The minimum absolute atomic E-state index is 0.0488. The predicted octanol–water partition coefficient (Wildman–Crippen LogP) is 1.04. The van der Waals surface area contributed by atoms with Crippen molar-refractivity contribution >= 4 is 28.9 Å². The highest BCUT2D eigenvalue weighted by Gasteiger charge is 2.29. The van der Waals surface area contributed by atoms with Crippen LogP contribution in [0.25, 0.3) is 5.70 Å². The molecule has 0 fully saturated rings. The Labute approximate surface area is 173 Å². The van der Waals surface area contributed by atoms with Gasteiger partial charge >= 0.3 is 5.69 Å². The van der Waals surface area contributed by atoms with E-state index < -0.39 is 28.4 Å². The molecule has 0 aliphatic heterocycles. The zero-order valence-electron chi connectivity index (χ0n) is 15.1. The Balaban J connectivity index is 1.93. The van der Waals surface area contributed by atoms with Crippen molar-refractivity contribution in [3.05, 3.63) is 65.7 Å². The van der Waals surface area contributed by atoms with Gasteiger partial charge in [-0.15, -0.1) is 21.8 Å². The molecule has 0 saturated carbocycles. The van der Waals surface area contributed by atoms with Gasteiger partial charge in [0.05, 0.1) is 16.1 Å². The quantitative estimate of drug-likeness (QED) is 0.680. The van der Waals surface area contributed by atoms with Crippen LogP contribution < -0.4 is 21.5 Å². The van der Waals surface area contributed by atoms with Crippen molar-refractivity contribution in [1.29, 1.82) is 5.26 Å². The Morgan fingerprint density at radius 1 is 1.31 bits per heavy atom. The lowest BCUT2D eigenvalue weighted by molar-refractivity contribution is 0.236. The maximum absolute atomic E-state index is 12.0. The second-order valence-electron chi connectivity index (χ2n) is 6.38. The molecule has 1 aliphatic carbocycles. The molecule has 0 bridgehead atoms. The summed E-state index contributed by atoms with van der Waals surface area (Å²) in [5, 5.41) is 18.1. The van der Waals surface area contributed by atoms with Gasteiger partial charge in [0.25, 0.3) is 11.1 Å². The molecular formula is C17H14Cl2N6O4. The summed E-state index contributed by atoms with van der Waals surface area (Å²) in [5.41, 5.74) is -1.91. The first-order valence-corrected chi connectivity index (χ1v) is 9.16. The number of ether oxygens (including phenoxy) is 1. The molecule has 1 aliphatic rings. The maximum atomic E-state index is 12.0. The summed E-state index contributed by atoms with van der Waals surface area (Å²) in [6.45, 7) is 3.71. The SMILES string of the molecule is CC(C)c1cc(OC2C(Cl)=CC(n3nc(C#N)c(=O)[nH]c3=O)=CC2Cl)n[nH]c1=O. The first-order valence-electron chi connectivity index (χ1n) is 8.34. The summed E-state index contributed by atoms with van der Waals surface area (Å²) in [5.74, 6) is 0.0748. The normalized spacial score (nSPS) is 18.8. The Kier molecular flexibility index (Phi) is 5.72. The number of nitrogens with one attached hydrogen (secondary N) is 2. The summed E-state index contributed by atoms with van der Waals surface area (Å²) in [6.07, 6.45) is 1.95. The van der Waals surface area contributed by atoms with Gasteiger partial charge in [0.2, 0.25) is 11.6 Å². The molecule has 150 valence electrons. The summed E-state index contributed by atoms with van der Waals surface area (Å²) in [7, 11) is 0. The largest absolute Gasteiger partial charge is 0.466 e. The van der Waals surface area contributed by atoms with E-state index in [0.29, 0.717) is 5.56 Å². The maximum Gasteiger partial charge on any atom is 0.349 e. The number of H-pyrrole nitrogens is 2. The second kappa shape index (κ2) is 8.06. The third-order valence-corrected chi connectivity index (χ3v) is 4.71. The van der Waals surface area contributed by atoms with Gasteiger partial charge in [0.1, 0.15) is 6.07 Å². The fourth-order valence-electron chi connectivity index (χ4n) is 2.60. The van der Waals surface area contributed by atoms with E-state index in [1.165, 1.54) is 18.2 Å². The molecule has 3 rings (SSSR count). The van der Waals surface area contributed by atoms with Gasteiger partial charge < -0.3 is 4.74 Å². The van der Waals surface area contributed by atoms with Crippen LogP contribution in [0.5, 0.6) is 5.88 Å². The van der Waals surface area contributed by atoms with Gasteiger partial charge in [0.15, 0.2) is 6.10 Å². The molecule has 0 amide bonds. The number of alkyl halides is 1. The zero-order valence-corrected chi connectivity index (χ0v) is 16.7. The van der Waals surface area contributed by atoms with Gasteiger partial charge in [0, 0.05) is 11.6 Å². The van der Waals surface area contributed by atoms with Crippen molar-refractivity contribution in [2.75, 3.05) is 0 Å². The third-order valence-electron chi connectivity index (χ3n) is 4.03. The van der Waals surface area contributed by atoms with Crippen molar-refractivity contribution in [3.63, 3.8) is 0 Å². The Hall–Kier alpha value is -3.16. The summed E-state index contributed by atoms with van der Waals surface area (Å²) >= 11 is 12.7. The molecule has 2 aromatic rings. The molecule has 2 heterocycles. The molecule has 0 spiro atoms. The van der Waals surface area contributed by atoms with Crippen molar-refractivity contribution in [2.24, 2.45) is 0 Å². The second-order valence-corrected chi connectivity index (χ2v) is 7.32. The van der Waals surface area contributed by atoms with Crippen molar-refractivity contribution < 1.29 is 4.74 Å². The molecule has 0 radical (unpaired) electrons. The van der Waals surface area contributed by atoms with Crippen LogP contribution in [0.15, 0.2) is 37.6 Å². The van der Waals surface area contributed by atoms with Gasteiger partial charge in [-0.2, -0.15) is 9.94 Å². The average molecular weight is 437 g/mol. The lowest BCUT2D eigenvalue weighted by Crippen LogP contribution is -2.36. The highest BCUT2D eigenvalue weighted by molar-refractivity contribution is 6.33. The number of nitriles is 1. The van der Waals surface area contributed by atoms with Crippen LogP contribution in [-0.4, -0.2) is 36.4 Å². The van der Waals surface area contributed by atoms with E-state index >= 15 is 0 Å². The Bertz CT molecular complexity index is 1230. The molecule has 2 atom stereocenters. The van der Waals surface area contributed by atoms with E-state index in [4.69, 9.17) is 33.2 Å². The molecule has 2 aromatic heterocycles. The Morgan fingerprint density at radius 2 is 2.03 bits per heavy atom. The number of hydrogen-bond acceptors (Lipinski definition) is 7. The molecule has 10 nitrogen and oxygen atoms in total. The van der Waals surface area contributed by atoms with E-state index in [-0.39, 0.29) is 28.1 Å². The number of hydrogen-bond donors (Lipinski definition) is 2. The van der Waals surface area contributed by atoms with E-state index in [1.807, 2.05) is 18.8 Å². The molecule has 0 aromatic carbocycles. The van der Waals surface area contributed by atoms with Crippen LogP contribution in [0.2, 0.25) is 0 Å². The van der Waals surface area contributed by atoms with Crippen LogP contribution in [0, 0.1) is 11.3 Å². The first kappa shape index (κ1) is 20.6. The monoisotopic (exact) mass is 436 g/mol. The van der Waals surface area contributed by atoms with Crippen molar-refractivity contribution in [3.8, 4) is 11.9 Å². The number of rotatable bonds is 4. The molecule has 2 N–H and O–H groups in total. The fourth-order valence-corrected chi connectivity index (χ4v) is 3.27. The fraction of sp³-hybridized carbons (Fsp3) is 0.294. The molecule has 29 heavy (non-hydrogen) atoms. The molecule has 2 unspecified atom stereocenters. The third kappa shape index (κ3) is 4.16. The van der Waals surface area contributed by atoms with Crippen LogP contribution in [0.1, 0.15) is 31.0 Å². The smallest absolute Gasteiger partial charge is 0.349 e. The van der Waals surface area contributed by atoms with Crippen LogP contribution in [-0.2, 0) is 0 Å². The van der Waals surface area contributed by atoms with E-state index in [9.17, 15) is 14.4 Å². The summed E-state index contributed by atoms with van der Waals surface area (Å²) in [6, 6.07) is 3.10. The van der Waals surface area contributed by atoms with E-state index in [1.54, 1.807) is 6.07 Å². The lowest BCUT2D eigenvalue weighted by Gasteiger charge is -2.25. The molecular weight excluding hydrogens is 423 g/mol. The summed E-state index contributed by atoms with van der Waals surface area (Å²) in [4.78, 5) is 37.3. The highest BCUT2D eigenvalue weighted by Crippen LogP contribution is 2.30. The zero-order chi connectivity index (χ0) is 21.3. The van der Waals surface area contributed by atoms with E-state index in [2.05, 4.69) is 15.3 Å². The lowest BCUT2D eigenvalue weighted by atomic mass is 10.1. The van der Waals surface area contributed by atoms with E-state index in [0.717, 1.165) is 4.68 Å². The van der Waals surface area contributed by atoms with Gasteiger partial charge in [-0.1, -0.05) is 25.4 Å².